The predicted octanol–water partition coefficient (Wildman–Crippen LogP) is 14.4. The maximum Gasteiger partial charge on any atom is 0.261 e. The van der Waals surface area contributed by atoms with Gasteiger partial charge >= 0.3 is 0 Å². The molecule has 7 heteroatoms. The summed E-state index contributed by atoms with van der Waals surface area (Å²) >= 11 is 13.0. The largest absolute Gasteiger partial charge is 0.505 e. The molecular formula is C48H43Cl2N3O2. The van der Waals surface area contributed by atoms with Crippen LogP contribution in [0.25, 0.3) is 72.6 Å². The fourth-order valence-corrected chi connectivity index (χ4v) is 8.23. The van der Waals surface area contributed by atoms with Gasteiger partial charge in [-0.2, -0.15) is 4.98 Å². The topological polar surface area (TPSA) is 64.1 Å². The minimum atomic E-state index is -0.282. The van der Waals surface area contributed by atoms with E-state index in [1.54, 1.807) is 18.2 Å². The minimum absolute atomic E-state index is 0.0351. The first-order valence-corrected chi connectivity index (χ1v) is 19.5. The Hall–Kier alpha value is -5.36. The average molecular weight is 765 g/mol. The fourth-order valence-electron chi connectivity index (χ4n) is 7.67. The maximum absolute atomic E-state index is 12.4. The number of hydrogen-bond acceptors (Lipinski definition) is 4. The number of halogens is 2. The highest BCUT2D eigenvalue weighted by Crippen LogP contribution is 2.45. The van der Waals surface area contributed by atoms with E-state index < -0.39 is 0 Å². The molecule has 0 unspecified atom stereocenters. The van der Waals surface area contributed by atoms with E-state index in [1.165, 1.54) is 22.3 Å². The third-order valence-corrected chi connectivity index (χ3v) is 11.2. The maximum atomic E-state index is 12.4. The predicted molar refractivity (Wildman–Crippen MR) is 229 cm³/mol. The summed E-state index contributed by atoms with van der Waals surface area (Å²) in [6, 6.07) is 39.9. The SMILES string of the molecule is CC(C)c1ccccc1-c1ccc2c(c1)c1cc(-c3ccccc3C(C)C)ccc1n2-c1cc(C(C)(C)C)cc(-c2noc(-c3c(Cl)cccc3Cl)n2)c1O. The molecule has 0 aliphatic carbocycles. The molecule has 0 saturated carbocycles. The molecule has 2 aromatic heterocycles. The summed E-state index contributed by atoms with van der Waals surface area (Å²) in [5.74, 6) is 1.17. The van der Waals surface area contributed by atoms with E-state index in [0.717, 1.165) is 38.5 Å². The summed E-state index contributed by atoms with van der Waals surface area (Å²) in [6.45, 7) is 15.4. The van der Waals surface area contributed by atoms with Gasteiger partial charge in [0.2, 0.25) is 5.82 Å². The number of aromatic nitrogens is 3. The van der Waals surface area contributed by atoms with Crippen LogP contribution in [0.1, 0.15) is 77.0 Å². The molecule has 0 atom stereocenters. The summed E-state index contributed by atoms with van der Waals surface area (Å²) in [4.78, 5) is 4.72. The van der Waals surface area contributed by atoms with Crippen molar-refractivity contribution in [1.82, 2.24) is 14.7 Å². The number of fused-ring (bicyclic) bond motifs is 3. The second-order valence-corrected chi connectivity index (χ2v) is 16.8. The number of hydrogen-bond donors (Lipinski definition) is 1. The van der Waals surface area contributed by atoms with Gasteiger partial charge in [0, 0.05) is 10.8 Å². The second kappa shape index (κ2) is 14.1. The molecule has 0 bridgehead atoms. The number of phenols is 1. The molecule has 0 fully saturated rings. The van der Waals surface area contributed by atoms with E-state index in [4.69, 9.17) is 32.7 Å². The molecule has 5 nitrogen and oxygen atoms in total. The lowest BCUT2D eigenvalue weighted by atomic mass is 9.85. The molecule has 0 spiro atoms. The average Bonchev–Trinajstić information content (AvgIpc) is 3.77. The van der Waals surface area contributed by atoms with Gasteiger partial charge in [-0.15, -0.1) is 0 Å². The Morgan fingerprint density at radius 3 is 1.67 bits per heavy atom. The summed E-state index contributed by atoms with van der Waals surface area (Å²) in [6.07, 6.45) is 0. The number of rotatable bonds is 7. The van der Waals surface area contributed by atoms with Gasteiger partial charge in [-0.05, 0) is 105 Å². The lowest BCUT2D eigenvalue weighted by molar-refractivity contribution is 0.431. The molecule has 0 saturated heterocycles. The van der Waals surface area contributed by atoms with E-state index in [9.17, 15) is 5.11 Å². The van der Waals surface area contributed by atoms with Crippen molar-refractivity contribution in [2.75, 3.05) is 0 Å². The second-order valence-electron chi connectivity index (χ2n) is 15.9. The summed E-state index contributed by atoms with van der Waals surface area (Å²) in [5, 5.41) is 19.7. The van der Waals surface area contributed by atoms with Crippen molar-refractivity contribution in [3.63, 3.8) is 0 Å². The third-order valence-electron chi connectivity index (χ3n) is 10.6. The molecule has 0 aliphatic rings. The molecule has 1 N–H and O–H groups in total. The Labute approximate surface area is 332 Å². The normalized spacial score (nSPS) is 12.1. The first-order valence-electron chi connectivity index (χ1n) is 18.7. The Kier molecular flexibility index (Phi) is 9.35. The van der Waals surface area contributed by atoms with Gasteiger partial charge in [0.1, 0.15) is 0 Å². The van der Waals surface area contributed by atoms with Crippen LogP contribution in [-0.4, -0.2) is 19.8 Å². The zero-order valence-electron chi connectivity index (χ0n) is 32.1. The standard InChI is InChI=1S/C48H43Cl2N3O2/c1-27(2)32-13-8-10-15-34(32)29-19-21-41-36(23-29)37-24-30(35-16-11-9-14-33(35)28(3)4)20-22-42(37)53(41)43-26-31(48(5,6)7)25-38(45(43)54)46-51-47(55-52-46)44-39(49)17-12-18-40(44)50/h8-28,54H,1-7H3. The van der Waals surface area contributed by atoms with Crippen molar-refractivity contribution < 1.29 is 9.63 Å². The molecule has 8 rings (SSSR count). The molecule has 55 heavy (non-hydrogen) atoms. The van der Waals surface area contributed by atoms with E-state index in [2.05, 4.69) is 149 Å². The molecule has 0 radical (unpaired) electrons. The van der Waals surface area contributed by atoms with E-state index in [-0.39, 0.29) is 22.9 Å². The van der Waals surface area contributed by atoms with Gasteiger partial charge in [0.15, 0.2) is 5.75 Å². The quantitative estimate of drug-likeness (QED) is 0.176. The molecule has 2 heterocycles. The first kappa shape index (κ1) is 36.6. The van der Waals surface area contributed by atoms with Crippen LogP contribution in [0.4, 0.5) is 0 Å². The monoisotopic (exact) mass is 763 g/mol. The van der Waals surface area contributed by atoms with Gasteiger partial charge in [-0.1, -0.05) is 144 Å². The Morgan fingerprint density at radius 2 is 1.16 bits per heavy atom. The van der Waals surface area contributed by atoms with E-state index in [0.29, 0.717) is 38.7 Å². The van der Waals surface area contributed by atoms with Crippen LogP contribution in [0.2, 0.25) is 10.0 Å². The summed E-state index contributed by atoms with van der Waals surface area (Å²) < 4.78 is 7.90. The molecular weight excluding hydrogens is 721 g/mol. The summed E-state index contributed by atoms with van der Waals surface area (Å²) in [7, 11) is 0. The van der Waals surface area contributed by atoms with Crippen LogP contribution in [-0.2, 0) is 5.41 Å². The van der Waals surface area contributed by atoms with Crippen LogP contribution in [0.5, 0.6) is 5.75 Å². The number of phenolic OH excluding ortho intramolecular Hbond substituents is 1. The summed E-state index contributed by atoms with van der Waals surface area (Å²) in [5.41, 5.74) is 11.5. The van der Waals surface area contributed by atoms with Crippen molar-refractivity contribution >= 4 is 45.0 Å². The van der Waals surface area contributed by atoms with Gasteiger partial charge in [-0.25, -0.2) is 0 Å². The van der Waals surface area contributed by atoms with E-state index >= 15 is 0 Å². The highest BCUT2D eigenvalue weighted by molar-refractivity contribution is 6.38. The van der Waals surface area contributed by atoms with Gasteiger partial charge < -0.3 is 14.2 Å². The van der Waals surface area contributed by atoms with Gasteiger partial charge in [0.25, 0.3) is 5.89 Å². The third kappa shape index (κ3) is 6.49. The van der Waals surface area contributed by atoms with Crippen molar-refractivity contribution in [2.45, 2.75) is 65.7 Å². The zero-order valence-corrected chi connectivity index (χ0v) is 33.6. The fraction of sp³-hybridized carbons (Fsp3) is 0.208. The van der Waals surface area contributed by atoms with Crippen LogP contribution in [0.15, 0.2) is 120 Å². The van der Waals surface area contributed by atoms with Gasteiger partial charge in [-0.3, -0.25) is 0 Å². The zero-order chi connectivity index (χ0) is 38.8. The Bertz CT molecular complexity index is 2620. The Morgan fingerprint density at radius 1 is 0.636 bits per heavy atom. The lowest BCUT2D eigenvalue weighted by Gasteiger charge is -2.23. The molecule has 0 aliphatic heterocycles. The minimum Gasteiger partial charge on any atom is -0.505 e. The molecule has 0 amide bonds. The molecule has 8 aromatic rings. The molecule has 6 aromatic carbocycles. The van der Waals surface area contributed by atoms with Crippen LogP contribution in [0, 0.1) is 0 Å². The highest BCUT2D eigenvalue weighted by atomic mass is 35.5. The first-order chi connectivity index (χ1) is 26.3. The number of aromatic hydroxyl groups is 1. The smallest absolute Gasteiger partial charge is 0.261 e. The van der Waals surface area contributed by atoms with Crippen LogP contribution in [0.3, 0.4) is 0 Å². The van der Waals surface area contributed by atoms with E-state index in [1.807, 2.05) is 6.07 Å². The van der Waals surface area contributed by atoms with Crippen molar-refractivity contribution in [3.05, 3.63) is 142 Å². The van der Waals surface area contributed by atoms with Crippen LogP contribution >= 0.6 is 23.2 Å². The van der Waals surface area contributed by atoms with Crippen molar-refractivity contribution in [3.8, 4) is 56.5 Å². The lowest BCUT2D eigenvalue weighted by Crippen LogP contribution is -2.12. The van der Waals surface area contributed by atoms with Gasteiger partial charge in [0.05, 0.1) is 37.9 Å². The highest BCUT2D eigenvalue weighted by Gasteiger charge is 2.26. The Balaban J connectivity index is 1.41. The van der Waals surface area contributed by atoms with Crippen molar-refractivity contribution in [1.29, 1.82) is 0 Å². The van der Waals surface area contributed by atoms with Crippen molar-refractivity contribution in [2.24, 2.45) is 0 Å². The number of benzene rings is 6. The molecule has 276 valence electrons. The van der Waals surface area contributed by atoms with Crippen LogP contribution < -0.4 is 0 Å². The number of nitrogens with zero attached hydrogens (tertiary/aromatic N) is 3.